The highest BCUT2D eigenvalue weighted by molar-refractivity contribution is 5.79. The number of aliphatic hydroxyl groups is 1. The van der Waals surface area contributed by atoms with Gasteiger partial charge in [0.1, 0.15) is 30.4 Å². The van der Waals surface area contributed by atoms with Crippen molar-refractivity contribution in [3.8, 4) is 16.9 Å². The Morgan fingerprint density at radius 2 is 1.97 bits per heavy atom. The number of para-hydroxylation sites is 1. The summed E-state index contributed by atoms with van der Waals surface area (Å²) in [6.07, 6.45) is 0.900. The Labute approximate surface area is 216 Å². The summed E-state index contributed by atoms with van der Waals surface area (Å²) < 4.78 is 33.0. The maximum absolute atomic E-state index is 16.1. The average molecular weight is 515 g/mol. The zero-order valence-electron chi connectivity index (χ0n) is 21.6. The van der Waals surface area contributed by atoms with Gasteiger partial charge in [-0.15, -0.1) is 0 Å². The van der Waals surface area contributed by atoms with Gasteiger partial charge in [0.25, 0.3) is 0 Å². The second-order valence-electron chi connectivity index (χ2n) is 10.5. The van der Waals surface area contributed by atoms with Gasteiger partial charge in [-0.3, -0.25) is 4.79 Å². The molecular weight excluding hydrogens is 479 g/mol. The molecule has 2 N–H and O–H groups in total. The number of piperidine rings is 1. The first kappa shape index (κ1) is 26.9. The van der Waals surface area contributed by atoms with Crippen LogP contribution < -0.4 is 10.1 Å². The second-order valence-corrected chi connectivity index (χ2v) is 10.5. The van der Waals surface area contributed by atoms with Crippen LogP contribution in [0.25, 0.3) is 11.1 Å². The molecule has 37 heavy (non-hydrogen) atoms. The third-order valence-electron chi connectivity index (χ3n) is 6.66. The van der Waals surface area contributed by atoms with Crippen LogP contribution in [0.4, 0.5) is 9.18 Å². The van der Waals surface area contributed by atoms with E-state index >= 15 is 4.39 Å². The fourth-order valence-corrected chi connectivity index (χ4v) is 5.14. The topological polar surface area (TPSA) is 97.3 Å². The largest absolute Gasteiger partial charge is 0.491 e. The lowest BCUT2D eigenvalue weighted by atomic mass is 9.77. The number of hydrogen-bond acceptors (Lipinski definition) is 6. The van der Waals surface area contributed by atoms with E-state index < -0.39 is 29.1 Å². The van der Waals surface area contributed by atoms with Crippen LogP contribution in [-0.2, 0) is 20.7 Å². The molecule has 2 heterocycles. The first-order valence-corrected chi connectivity index (χ1v) is 12.6. The van der Waals surface area contributed by atoms with Gasteiger partial charge in [-0.2, -0.15) is 0 Å². The van der Waals surface area contributed by atoms with Gasteiger partial charge in [-0.05, 0) is 51.7 Å². The van der Waals surface area contributed by atoms with Gasteiger partial charge in [0.05, 0.1) is 24.8 Å². The molecule has 0 saturated carbocycles. The standard InChI is InChI=1S/C28H35FN2O6/c1-27(2,3)37-26(34)31-13-7-12-28(18-35-17-24(33)30-28)23(31)16-19-8-6-10-21(25(19)29)20-9-4-5-11-22(20)36-15-14-32/h4-6,8-11,23,32H,7,12-18H2,1-3H3,(H,30,33)/t23-,28+/m0/s1. The normalized spacial score (nSPS) is 22.0. The van der Waals surface area contributed by atoms with Crippen molar-refractivity contribution in [2.24, 2.45) is 0 Å². The Balaban J connectivity index is 1.72. The molecule has 2 aliphatic heterocycles. The molecule has 2 amide bonds. The van der Waals surface area contributed by atoms with E-state index in [0.29, 0.717) is 41.8 Å². The molecule has 2 atom stereocenters. The zero-order chi connectivity index (χ0) is 26.6. The monoisotopic (exact) mass is 514 g/mol. The van der Waals surface area contributed by atoms with Crippen LogP contribution in [0, 0.1) is 5.82 Å². The number of nitrogens with zero attached hydrogens (tertiary/aromatic N) is 1. The molecule has 0 radical (unpaired) electrons. The minimum Gasteiger partial charge on any atom is -0.491 e. The van der Waals surface area contributed by atoms with Crippen molar-refractivity contribution in [2.75, 3.05) is 33.0 Å². The number of amides is 2. The molecule has 0 aromatic heterocycles. The minimum atomic E-state index is -0.852. The number of carbonyl (C=O) groups excluding carboxylic acids is 2. The molecule has 2 aromatic carbocycles. The summed E-state index contributed by atoms with van der Waals surface area (Å²) in [5, 5.41) is 12.2. The van der Waals surface area contributed by atoms with Crippen molar-refractivity contribution >= 4 is 12.0 Å². The van der Waals surface area contributed by atoms with Crippen molar-refractivity contribution < 1.29 is 33.3 Å². The first-order chi connectivity index (χ1) is 17.6. The zero-order valence-corrected chi connectivity index (χ0v) is 21.6. The van der Waals surface area contributed by atoms with Crippen LogP contribution in [0.5, 0.6) is 5.75 Å². The highest BCUT2D eigenvalue weighted by atomic mass is 19.1. The molecule has 0 bridgehead atoms. The van der Waals surface area contributed by atoms with Crippen molar-refractivity contribution in [3.05, 3.63) is 53.8 Å². The number of ether oxygens (including phenoxy) is 3. The lowest BCUT2D eigenvalue weighted by molar-refractivity contribution is -0.141. The highest BCUT2D eigenvalue weighted by Crippen LogP contribution is 2.37. The number of benzene rings is 2. The summed E-state index contributed by atoms with van der Waals surface area (Å²) in [5.74, 6) is -0.230. The number of rotatable bonds is 6. The van der Waals surface area contributed by atoms with Crippen LogP contribution in [0.3, 0.4) is 0 Å². The van der Waals surface area contributed by atoms with E-state index in [1.807, 2.05) is 0 Å². The number of halogens is 1. The van der Waals surface area contributed by atoms with E-state index in [1.165, 1.54) is 0 Å². The van der Waals surface area contributed by atoms with Crippen LogP contribution in [0.15, 0.2) is 42.5 Å². The van der Waals surface area contributed by atoms with Crippen LogP contribution in [-0.4, -0.2) is 72.2 Å². The Bertz CT molecular complexity index is 1130. The smallest absolute Gasteiger partial charge is 0.410 e. The summed E-state index contributed by atoms with van der Waals surface area (Å²) >= 11 is 0. The Morgan fingerprint density at radius 1 is 1.22 bits per heavy atom. The maximum atomic E-state index is 16.1. The lowest BCUT2D eigenvalue weighted by Crippen LogP contribution is -2.71. The highest BCUT2D eigenvalue weighted by Gasteiger charge is 2.50. The average Bonchev–Trinajstić information content (AvgIpc) is 2.84. The molecule has 2 saturated heterocycles. The number of likely N-dealkylation sites (tertiary alicyclic amines) is 1. The molecule has 0 aliphatic carbocycles. The van der Waals surface area contributed by atoms with E-state index in [2.05, 4.69) is 5.32 Å². The quantitative estimate of drug-likeness (QED) is 0.610. The van der Waals surface area contributed by atoms with E-state index in [4.69, 9.17) is 19.3 Å². The fraction of sp³-hybridized carbons (Fsp3) is 0.500. The molecule has 2 aromatic rings. The summed E-state index contributed by atoms with van der Waals surface area (Å²) in [7, 11) is 0. The molecule has 4 rings (SSSR count). The Kier molecular flexibility index (Phi) is 8.04. The minimum absolute atomic E-state index is 0.0463. The Morgan fingerprint density at radius 3 is 2.70 bits per heavy atom. The van der Waals surface area contributed by atoms with E-state index in [-0.39, 0.29) is 38.8 Å². The predicted molar refractivity (Wildman–Crippen MR) is 136 cm³/mol. The number of aliphatic hydroxyl groups excluding tert-OH is 1. The lowest BCUT2D eigenvalue weighted by Gasteiger charge is -2.51. The van der Waals surface area contributed by atoms with Crippen molar-refractivity contribution in [1.82, 2.24) is 10.2 Å². The molecular formula is C28H35FN2O6. The first-order valence-electron chi connectivity index (χ1n) is 12.6. The number of nitrogens with one attached hydrogen (secondary N) is 1. The van der Waals surface area contributed by atoms with Crippen molar-refractivity contribution in [3.63, 3.8) is 0 Å². The number of hydrogen-bond donors (Lipinski definition) is 2. The summed E-state index contributed by atoms with van der Waals surface area (Å²) in [6, 6.07) is 11.6. The third-order valence-corrected chi connectivity index (χ3v) is 6.66. The van der Waals surface area contributed by atoms with E-state index in [1.54, 1.807) is 68.1 Å². The molecule has 2 aliphatic rings. The van der Waals surface area contributed by atoms with Crippen molar-refractivity contribution in [1.29, 1.82) is 0 Å². The molecule has 8 nitrogen and oxygen atoms in total. The van der Waals surface area contributed by atoms with Gasteiger partial charge < -0.3 is 29.5 Å². The van der Waals surface area contributed by atoms with Crippen molar-refractivity contribution in [2.45, 2.75) is 57.2 Å². The summed E-state index contributed by atoms with van der Waals surface area (Å²) in [4.78, 5) is 27.3. The second kappa shape index (κ2) is 11.1. The Hall–Kier alpha value is -3.17. The van der Waals surface area contributed by atoms with Gasteiger partial charge in [0.15, 0.2) is 0 Å². The number of carbonyl (C=O) groups is 2. The van der Waals surface area contributed by atoms with Crippen LogP contribution >= 0.6 is 0 Å². The maximum Gasteiger partial charge on any atom is 0.410 e. The van der Waals surface area contributed by atoms with Crippen LogP contribution in [0.1, 0.15) is 39.2 Å². The van der Waals surface area contributed by atoms with E-state index in [0.717, 1.165) is 0 Å². The third kappa shape index (κ3) is 6.05. The molecule has 9 heteroatoms. The van der Waals surface area contributed by atoms with Gasteiger partial charge >= 0.3 is 6.09 Å². The molecule has 1 spiro atoms. The summed E-state index contributed by atoms with van der Waals surface area (Å²) in [6.45, 7) is 5.93. The van der Waals surface area contributed by atoms with Gasteiger partial charge in [0.2, 0.25) is 5.91 Å². The van der Waals surface area contributed by atoms with Crippen LogP contribution in [0.2, 0.25) is 0 Å². The molecule has 200 valence electrons. The van der Waals surface area contributed by atoms with Gasteiger partial charge in [-0.1, -0.05) is 36.4 Å². The van der Waals surface area contributed by atoms with Gasteiger partial charge in [0, 0.05) is 17.7 Å². The summed E-state index contributed by atoms with van der Waals surface area (Å²) in [5.41, 5.74) is -0.249. The van der Waals surface area contributed by atoms with Gasteiger partial charge in [-0.25, -0.2) is 9.18 Å². The predicted octanol–water partition coefficient (Wildman–Crippen LogP) is 3.69. The SMILES string of the molecule is CC(C)(C)OC(=O)N1CCC[C@@]2(COCC(=O)N2)[C@@H]1Cc1cccc(-c2ccccc2OCCO)c1F. The number of morpholine rings is 1. The fourth-order valence-electron chi connectivity index (χ4n) is 5.14. The van der Waals surface area contributed by atoms with E-state index in [9.17, 15) is 9.59 Å². The molecule has 2 fully saturated rings. The molecule has 0 unspecified atom stereocenters.